The van der Waals surface area contributed by atoms with Crippen LogP contribution in [0, 0.1) is 0 Å². The zero-order valence-electron chi connectivity index (χ0n) is 12.6. The minimum atomic E-state index is 0. The van der Waals surface area contributed by atoms with E-state index in [4.69, 9.17) is 0 Å². The molecular weight excluding hydrogens is 246 g/mol. The van der Waals surface area contributed by atoms with Crippen LogP contribution in [-0.2, 0) is 4.79 Å². The summed E-state index contributed by atoms with van der Waals surface area (Å²) in [5, 5.41) is 0. The third-order valence-electron chi connectivity index (χ3n) is 2.99. The minimum absolute atomic E-state index is 0. The fraction of sp³-hybridized carbons (Fsp3) is 0.800. The molecule has 0 saturated heterocycles. The summed E-state index contributed by atoms with van der Waals surface area (Å²) in [7, 11) is 5.70. The van der Waals surface area contributed by atoms with E-state index in [0.29, 0.717) is 4.48 Å². The van der Waals surface area contributed by atoms with Gasteiger partial charge >= 0.3 is 5.91 Å². The van der Waals surface area contributed by atoms with E-state index in [2.05, 4.69) is 13.5 Å². The molecule has 0 radical (unpaired) electrons. The van der Waals surface area contributed by atoms with Crippen molar-refractivity contribution in [2.45, 2.75) is 58.3 Å². The highest BCUT2D eigenvalue weighted by Gasteiger charge is 2.22. The summed E-state index contributed by atoms with van der Waals surface area (Å²) in [6.07, 6.45) is 9.85. The number of carbonyl (C=O) groups excluding carboxylic acids is 1. The topological polar surface area (TPSA) is 17.1 Å². The van der Waals surface area contributed by atoms with Gasteiger partial charge in [0.2, 0.25) is 0 Å². The maximum absolute atomic E-state index is 11.8. The summed E-state index contributed by atoms with van der Waals surface area (Å²) < 4.78 is 0.356. The second-order valence-corrected chi connectivity index (χ2v) is 5.79. The van der Waals surface area contributed by atoms with Crippen molar-refractivity contribution in [2.75, 3.05) is 21.1 Å². The molecule has 0 N–H and O–H groups in total. The summed E-state index contributed by atoms with van der Waals surface area (Å²) in [6.45, 7) is 6.14. The molecule has 0 rings (SSSR count). The minimum Gasteiger partial charge on any atom is -1.00 e. The van der Waals surface area contributed by atoms with Gasteiger partial charge in [-0.25, -0.2) is 4.79 Å². The van der Waals surface area contributed by atoms with E-state index in [0.717, 1.165) is 18.4 Å². The number of rotatable bonds is 9. The van der Waals surface area contributed by atoms with Crippen LogP contribution >= 0.6 is 0 Å². The number of carbonyl (C=O) groups is 1. The van der Waals surface area contributed by atoms with Crippen LogP contribution in [0.3, 0.4) is 0 Å². The Kier molecular flexibility index (Phi) is 11.7. The molecule has 1 amide bonds. The van der Waals surface area contributed by atoms with E-state index in [1.807, 2.05) is 21.1 Å². The zero-order valence-corrected chi connectivity index (χ0v) is 13.4. The Morgan fingerprint density at radius 1 is 0.944 bits per heavy atom. The summed E-state index contributed by atoms with van der Waals surface area (Å²) in [4.78, 5) is 11.8. The first-order valence-corrected chi connectivity index (χ1v) is 6.93. The zero-order chi connectivity index (χ0) is 13.3. The molecule has 0 aliphatic heterocycles. The van der Waals surface area contributed by atoms with Crippen LogP contribution in [-0.4, -0.2) is 31.5 Å². The first kappa shape index (κ1) is 20.0. The summed E-state index contributed by atoms with van der Waals surface area (Å²) in [6, 6.07) is 0. The lowest BCUT2D eigenvalue weighted by Crippen LogP contribution is -3.00. The monoisotopic (exact) mass is 275 g/mol. The molecule has 2 nitrogen and oxygen atoms in total. The number of halogens is 1. The smallest absolute Gasteiger partial charge is 0.340 e. The standard InChI is InChI=1S/C15H30NO.ClH/c1-6-7-8-9-10-11-12-13-14(2)15(17)16(3,4)5;/h2,6-13H2,1,3-5H3;1H/q+1;/p-1. The average Bonchev–Trinajstić information content (AvgIpc) is 2.25. The van der Waals surface area contributed by atoms with E-state index in [9.17, 15) is 4.79 Å². The second-order valence-electron chi connectivity index (χ2n) is 5.79. The second kappa shape index (κ2) is 10.6. The number of hydrogen-bond acceptors (Lipinski definition) is 1. The highest BCUT2D eigenvalue weighted by atomic mass is 35.5. The Morgan fingerprint density at radius 2 is 1.39 bits per heavy atom. The van der Waals surface area contributed by atoms with Crippen LogP contribution in [0.25, 0.3) is 0 Å². The number of nitrogens with zero attached hydrogens (tertiary/aromatic N) is 1. The van der Waals surface area contributed by atoms with Gasteiger partial charge in [0.25, 0.3) is 0 Å². The maximum atomic E-state index is 11.8. The molecule has 0 aliphatic rings. The van der Waals surface area contributed by atoms with E-state index in [1.165, 1.54) is 38.5 Å². The van der Waals surface area contributed by atoms with Crippen molar-refractivity contribution < 1.29 is 21.7 Å². The fourth-order valence-corrected chi connectivity index (χ4v) is 1.88. The largest absolute Gasteiger partial charge is 1.00 e. The Bertz CT molecular complexity index is 243. The highest BCUT2D eigenvalue weighted by molar-refractivity contribution is 5.86. The van der Waals surface area contributed by atoms with Gasteiger partial charge in [0.1, 0.15) is 0 Å². The predicted octanol–water partition coefficient (Wildman–Crippen LogP) is 0.920. The Hall–Kier alpha value is -0.340. The number of likely N-dealkylation sites (N-methyl/N-ethyl adjacent to an activating group) is 1. The van der Waals surface area contributed by atoms with E-state index in [-0.39, 0.29) is 18.3 Å². The lowest BCUT2D eigenvalue weighted by molar-refractivity contribution is -0.789. The number of hydrogen-bond donors (Lipinski definition) is 0. The van der Waals surface area contributed by atoms with Gasteiger partial charge in [-0.1, -0.05) is 52.0 Å². The maximum Gasteiger partial charge on any atom is 0.340 e. The van der Waals surface area contributed by atoms with Gasteiger partial charge in [-0.15, -0.1) is 0 Å². The van der Waals surface area contributed by atoms with Gasteiger partial charge in [-0.3, -0.25) is 4.48 Å². The number of amides is 1. The average molecular weight is 276 g/mol. The SMILES string of the molecule is C=C(CCCCCCCCC)C(=O)[N+](C)(C)C.[Cl-]. The van der Waals surface area contributed by atoms with Crippen LogP contribution < -0.4 is 12.4 Å². The van der Waals surface area contributed by atoms with Crippen LogP contribution in [0.1, 0.15) is 58.3 Å². The normalized spacial score (nSPS) is 10.9. The molecule has 0 saturated carbocycles. The van der Waals surface area contributed by atoms with Gasteiger partial charge in [-0.2, -0.15) is 0 Å². The first-order valence-electron chi connectivity index (χ1n) is 6.93. The molecule has 0 unspecified atom stereocenters. The van der Waals surface area contributed by atoms with Crippen LogP contribution in [0.2, 0.25) is 0 Å². The Labute approximate surface area is 119 Å². The van der Waals surface area contributed by atoms with Crippen molar-refractivity contribution in [2.24, 2.45) is 0 Å². The molecular formula is C15H30ClNO. The third kappa shape index (κ3) is 9.67. The van der Waals surface area contributed by atoms with Gasteiger partial charge in [0.05, 0.1) is 21.1 Å². The molecule has 3 heteroatoms. The Morgan fingerprint density at radius 3 is 1.83 bits per heavy atom. The van der Waals surface area contributed by atoms with Gasteiger partial charge < -0.3 is 12.4 Å². The molecule has 0 aliphatic carbocycles. The lowest BCUT2D eigenvalue weighted by Gasteiger charge is -2.21. The van der Waals surface area contributed by atoms with Gasteiger partial charge in [0.15, 0.2) is 0 Å². The van der Waals surface area contributed by atoms with Crippen molar-refractivity contribution in [3.63, 3.8) is 0 Å². The van der Waals surface area contributed by atoms with Crippen molar-refractivity contribution >= 4 is 5.91 Å². The van der Waals surface area contributed by atoms with Crippen molar-refractivity contribution in [1.29, 1.82) is 0 Å². The van der Waals surface area contributed by atoms with Crippen molar-refractivity contribution in [3.05, 3.63) is 12.2 Å². The highest BCUT2D eigenvalue weighted by Crippen LogP contribution is 2.14. The van der Waals surface area contributed by atoms with Crippen LogP contribution in [0.15, 0.2) is 12.2 Å². The molecule has 0 fully saturated rings. The predicted molar refractivity (Wildman–Crippen MR) is 74.8 cm³/mol. The molecule has 0 heterocycles. The third-order valence-corrected chi connectivity index (χ3v) is 2.99. The molecule has 0 bridgehead atoms. The van der Waals surface area contributed by atoms with Crippen LogP contribution in [0.5, 0.6) is 0 Å². The molecule has 18 heavy (non-hydrogen) atoms. The van der Waals surface area contributed by atoms with E-state index >= 15 is 0 Å². The van der Waals surface area contributed by atoms with Crippen molar-refractivity contribution in [3.8, 4) is 0 Å². The van der Waals surface area contributed by atoms with E-state index < -0.39 is 0 Å². The molecule has 0 aromatic heterocycles. The molecule has 0 spiro atoms. The summed E-state index contributed by atoms with van der Waals surface area (Å²) in [5.41, 5.74) is 0.783. The quantitative estimate of drug-likeness (QED) is 0.347. The Balaban J connectivity index is 0. The van der Waals surface area contributed by atoms with Crippen LogP contribution in [0.4, 0.5) is 0 Å². The summed E-state index contributed by atoms with van der Waals surface area (Å²) >= 11 is 0. The van der Waals surface area contributed by atoms with Gasteiger partial charge in [0, 0.05) is 5.57 Å². The fourth-order valence-electron chi connectivity index (χ4n) is 1.88. The first-order chi connectivity index (χ1) is 7.89. The number of unbranched alkanes of at least 4 members (excludes halogenated alkanes) is 6. The summed E-state index contributed by atoms with van der Waals surface area (Å²) in [5.74, 6) is 0.163. The van der Waals surface area contributed by atoms with Crippen molar-refractivity contribution in [1.82, 2.24) is 0 Å². The molecule has 0 aromatic carbocycles. The van der Waals surface area contributed by atoms with Gasteiger partial charge in [-0.05, 0) is 12.8 Å². The molecule has 0 atom stereocenters. The molecule has 0 aromatic rings. The van der Waals surface area contributed by atoms with E-state index in [1.54, 1.807) is 0 Å². The molecule has 108 valence electrons. The lowest BCUT2D eigenvalue weighted by atomic mass is 10.0. The number of quaternary nitrogens is 1.